The van der Waals surface area contributed by atoms with E-state index in [1.54, 1.807) is 24.4 Å². The lowest BCUT2D eigenvalue weighted by Crippen LogP contribution is -1.97. The summed E-state index contributed by atoms with van der Waals surface area (Å²) in [7, 11) is 0. The number of hydrogen-bond donors (Lipinski definition) is 1. The van der Waals surface area contributed by atoms with Gasteiger partial charge in [0.2, 0.25) is 0 Å². The molecule has 0 saturated heterocycles. The Bertz CT molecular complexity index is 399. The van der Waals surface area contributed by atoms with Crippen LogP contribution in [0.4, 0.5) is 0 Å². The van der Waals surface area contributed by atoms with Gasteiger partial charge in [-0.15, -0.1) is 0 Å². The van der Waals surface area contributed by atoms with Crippen molar-refractivity contribution >= 4 is 23.5 Å². The van der Waals surface area contributed by atoms with Crippen LogP contribution < -0.4 is 0 Å². The molecule has 0 bridgehead atoms. The Hall–Kier alpha value is -1.35. The first-order valence-electron chi connectivity index (χ1n) is 3.84. The quantitative estimate of drug-likeness (QED) is 0.732. The van der Waals surface area contributed by atoms with Crippen LogP contribution in [-0.2, 0) is 0 Å². The van der Waals surface area contributed by atoms with Crippen molar-refractivity contribution in [2.45, 2.75) is 6.42 Å². The summed E-state index contributed by atoms with van der Waals surface area (Å²) in [6, 6.07) is 4.87. The highest BCUT2D eigenvalue weighted by Gasteiger charge is 2.11. The molecular weight excluding hydrogens is 188 g/mol. The molecule has 0 aliphatic carbocycles. The van der Waals surface area contributed by atoms with E-state index in [0.29, 0.717) is 17.0 Å². The summed E-state index contributed by atoms with van der Waals surface area (Å²) in [6.07, 6.45) is 2.34. The molecule has 1 aliphatic heterocycles. The summed E-state index contributed by atoms with van der Waals surface area (Å²) in [5.74, 6) is 0.189. The molecule has 0 fully saturated rings. The van der Waals surface area contributed by atoms with Crippen LogP contribution in [0.5, 0.6) is 5.75 Å². The van der Waals surface area contributed by atoms with Gasteiger partial charge >= 0.3 is 0 Å². The number of halogens is 1. The average molecular weight is 195 g/mol. The molecule has 13 heavy (non-hydrogen) atoms. The molecule has 0 atom stereocenters. The molecule has 0 aromatic heterocycles. The smallest absolute Gasteiger partial charge is 0.124 e. The van der Waals surface area contributed by atoms with Gasteiger partial charge in [0.25, 0.3) is 0 Å². The maximum absolute atomic E-state index is 9.50. The minimum atomic E-state index is 0.189. The average Bonchev–Trinajstić information content (AvgIpc) is 2.61. The van der Waals surface area contributed by atoms with E-state index in [4.69, 9.17) is 11.6 Å². The van der Waals surface area contributed by atoms with Gasteiger partial charge in [-0.25, -0.2) is 0 Å². The second-order valence-electron chi connectivity index (χ2n) is 2.71. The van der Waals surface area contributed by atoms with Crippen LogP contribution in [0.3, 0.4) is 0 Å². The normalized spacial score (nSPS) is 14.7. The van der Waals surface area contributed by atoms with Crippen LogP contribution in [0.1, 0.15) is 12.0 Å². The fourth-order valence-corrected chi connectivity index (χ4v) is 1.35. The van der Waals surface area contributed by atoms with E-state index in [0.717, 1.165) is 5.71 Å². The van der Waals surface area contributed by atoms with Gasteiger partial charge in [-0.3, -0.25) is 0 Å². The van der Waals surface area contributed by atoms with Gasteiger partial charge in [-0.2, -0.15) is 10.2 Å². The maximum atomic E-state index is 9.50. The predicted molar refractivity (Wildman–Crippen MR) is 52.8 cm³/mol. The van der Waals surface area contributed by atoms with Gasteiger partial charge in [0.1, 0.15) is 5.75 Å². The number of aromatic hydroxyl groups is 1. The molecule has 1 aliphatic rings. The van der Waals surface area contributed by atoms with Crippen molar-refractivity contribution in [3.05, 3.63) is 28.8 Å². The molecule has 0 amide bonds. The highest BCUT2D eigenvalue weighted by atomic mass is 35.5. The van der Waals surface area contributed by atoms with Crippen LogP contribution in [0.25, 0.3) is 0 Å². The van der Waals surface area contributed by atoms with E-state index in [1.807, 2.05) is 0 Å². The molecule has 4 heteroatoms. The topological polar surface area (TPSA) is 45.0 Å². The van der Waals surface area contributed by atoms with Crippen molar-refractivity contribution in [3.8, 4) is 5.75 Å². The predicted octanol–water partition coefficient (Wildman–Crippen LogP) is 2.22. The van der Waals surface area contributed by atoms with E-state index in [9.17, 15) is 5.11 Å². The largest absolute Gasteiger partial charge is 0.507 e. The Morgan fingerprint density at radius 1 is 1.38 bits per heavy atom. The third kappa shape index (κ3) is 1.55. The first-order valence-corrected chi connectivity index (χ1v) is 4.22. The fourth-order valence-electron chi connectivity index (χ4n) is 1.18. The minimum Gasteiger partial charge on any atom is -0.507 e. The molecule has 1 N–H and O–H groups in total. The standard InChI is InChI=1S/C9H7ClN2O/c10-6-1-2-9(13)7(5-6)8-3-4-11-12-8/h1-2,4-5,13H,3H2. The van der Waals surface area contributed by atoms with E-state index in [-0.39, 0.29) is 5.75 Å². The Morgan fingerprint density at radius 3 is 2.92 bits per heavy atom. The molecule has 2 rings (SSSR count). The molecular formula is C9H7ClN2O. The third-order valence-corrected chi connectivity index (χ3v) is 2.05. The van der Waals surface area contributed by atoms with Crippen molar-refractivity contribution in [2.75, 3.05) is 0 Å². The van der Waals surface area contributed by atoms with Crippen LogP contribution in [0.15, 0.2) is 28.4 Å². The summed E-state index contributed by atoms with van der Waals surface area (Å²) < 4.78 is 0. The van der Waals surface area contributed by atoms with Crippen LogP contribution in [0, 0.1) is 0 Å². The Kier molecular flexibility index (Phi) is 2.02. The zero-order valence-corrected chi connectivity index (χ0v) is 7.49. The lowest BCUT2D eigenvalue weighted by Gasteiger charge is -2.02. The van der Waals surface area contributed by atoms with E-state index < -0.39 is 0 Å². The van der Waals surface area contributed by atoms with Crippen LogP contribution >= 0.6 is 11.6 Å². The summed E-state index contributed by atoms with van der Waals surface area (Å²) in [6.45, 7) is 0. The van der Waals surface area contributed by atoms with Crippen molar-refractivity contribution in [1.29, 1.82) is 0 Å². The molecule has 1 heterocycles. The molecule has 3 nitrogen and oxygen atoms in total. The van der Waals surface area contributed by atoms with Gasteiger partial charge in [0.15, 0.2) is 0 Å². The highest BCUT2D eigenvalue weighted by Crippen LogP contribution is 2.23. The SMILES string of the molecule is Oc1ccc(Cl)cc1C1=NN=CC1. The lowest BCUT2D eigenvalue weighted by atomic mass is 10.1. The summed E-state index contributed by atoms with van der Waals surface area (Å²) in [5.41, 5.74) is 1.41. The number of benzene rings is 1. The first-order chi connectivity index (χ1) is 6.27. The summed E-state index contributed by atoms with van der Waals surface area (Å²) in [4.78, 5) is 0. The monoisotopic (exact) mass is 194 g/mol. The summed E-state index contributed by atoms with van der Waals surface area (Å²) in [5, 5.41) is 17.7. The number of nitrogens with zero attached hydrogens (tertiary/aromatic N) is 2. The van der Waals surface area contributed by atoms with E-state index >= 15 is 0 Å². The zero-order chi connectivity index (χ0) is 9.26. The lowest BCUT2D eigenvalue weighted by molar-refractivity contribution is 0.474. The van der Waals surface area contributed by atoms with Gasteiger partial charge in [-0.1, -0.05) is 11.6 Å². The Morgan fingerprint density at radius 2 is 2.23 bits per heavy atom. The molecule has 0 unspecified atom stereocenters. The van der Waals surface area contributed by atoms with Crippen LogP contribution in [0.2, 0.25) is 5.02 Å². The molecule has 0 saturated carbocycles. The number of hydrogen-bond acceptors (Lipinski definition) is 3. The number of rotatable bonds is 1. The van der Waals surface area contributed by atoms with Crippen molar-refractivity contribution in [3.63, 3.8) is 0 Å². The Balaban J connectivity index is 2.45. The number of phenols is 1. The minimum absolute atomic E-state index is 0.189. The van der Waals surface area contributed by atoms with Gasteiger partial charge in [-0.05, 0) is 18.2 Å². The van der Waals surface area contributed by atoms with E-state index in [2.05, 4.69) is 10.2 Å². The first kappa shape index (κ1) is 8.26. The molecule has 0 radical (unpaired) electrons. The highest BCUT2D eigenvalue weighted by molar-refractivity contribution is 6.31. The van der Waals surface area contributed by atoms with Crippen LogP contribution in [-0.4, -0.2) is 17.0 Å². The second-order valence-corrected chi connectivity index (χ2v) is 3.15. The molecule has 1 aromatic rings. The summed E-state index contributed by atoms with van der Waals surface area (Å²) >= 11 is 5.79. The van der Waals surface area contributed by atoms with Gasteiger partial charge in [0, 0.05) is 23.2 Å². The van der Waals surface area contributed by atoms with E-state index in [1.165, 1.54) is 0 Å². The zero-order valence-electron chi connectivity index (χ0n) is 6.74. The number of phenolic OH excluding ortho intramolecular Hbond substituents is 1. The Labute approximate surface area is 80.4 Å². The van der Waals surface area contributed by atoms with Crippen molar-refractivity contribution in [1.82, 2.24) is 0 Å². The fraction of sp³-hybridized carbons (Fsp3) is 0.111. The van der Waals surface area contributed by atoms with Gasteiger partial charge < -0.3 is 5.11 Å². The molecule has 1 aromatic carbocycles. The van der Waals surface area contributed by atoms with Crippen molar-refractivity contribution in [2.24, 2.45) is 10.2 Å². The van der Waals surface area contributed by atoms with Crippen molar-refractivity contribution < 1.29 is 5.11 Å². The molecule has 66 valence electrons. The maximum Gasteiger partial charge on any atom is 0.124 e. The van der Waals surface area contributed by atoms with Gasteiger partial charge in [0.05, 0.1) is 5.71 Å². The second kappa shape index (κ2) is 3.18. The molecule has 0 spiro atoms. The third-order valence-electron chi connectivity index (χ3n) is 1.81.